The maximum atomic E-state index is 14.5. The van der Waals surface area contributed by atoms with Crippen molar-refractivity contribution in [1.82, 2.24) is 14.5 Å². The van der Waals surface area contributed by atoms with E-state index in [-0.39, 0.29) is 11.9 Å². The minimum atomic E-state index is -0.263. The summed E-state index contributed by atoms with van der Waals surface area (Å²) in [4.78, 5) is 9.21. The van der Waals surface area contributed by atoms with E-state index in [0.717, 1.165) is 23.9 Å². The first-order chi connectivity index (χ1) is 12.2. The first kappa shape index (κ1) is 16.5. The lowest BCUT2D eigenvalue weighted by Crippen LogP contribution is -2.14. The fourth-order valence-electron chi connectivity index (χ4n) is 3.73. The van der Waals surface area contributed by atoms with Gasteiger partial charge < -0.3 is 9.30 Å². The molecule has 25 heavy (non-hydrogen) atoms. The highest BCUT2D eigenvalue weighted by molar-refractivity contribution is 9.10. The maximum Gasteiger partial charge on any atom is 0.241 e. The second kappa shape index (κ2) is 6.75. The first-order valence-corrected chi connectivity index (χ1v) is 9.35. The van der Waals surface area contributed by atoms with Gasteiger partial charge in [-0.1, -0.05) is 31.4 Å². The van der Waals surface area contributed by atoms with Crippen LogP contribution in [-0.2, 0) is 0 Å². The van der Waals surface area contributed by atoms with Crippen molar-refractivity contribution in [3.8, 4) is 17.3 Å². The molecule has 0 bridgehead atoms. The van der Waals surface area contributed by atoms with Gasteiger partial charge in [0.25, 0.3) is 0 Å². The topological polar surface area (TPSA) is 39.9 Å². The minimum Gasteiger partial charge on any atom is -0.479 e. The Bertz CT molecular complexity index is 918. The van der Waals surface area contributed by atoms with Crippen LogP contribution in [0, 0.1) is 5.82 Å². The molecule has 0 aliphatic heterocycles. The highest BCUT2D eigenvalue weighted by atomic mass is 79.9. The molecular formula is C19H19BrFN3O. The Kier molecular flexibility index (Phi) is 4.46. The summed E-state index contributed by atoms with van der Waals surface area (Å²) in [6, 6.07) is 8.95. The highest BCUT2D eigenvalue weighted by Crippen LogP contribution is 2.39. The molecule has 4 nitrogen and oxygen atoms in total. The van der Waals surface area contributed by atoms with E-state index in [2.05, 4.69) is 25.5 Å². The van der Waals surface area contributed by atoms with Gasteiger partial charge in [0.05, 0.1) is 18.2 Å². The number of fused-ring (bicyclic) bond motifs is 1. The molecule has 0 amide bonds. The molecule has 0 saturated heterocycles. The second-order valence-electron chi connectivity index (χ2n) is 6.40. The van der Waals surface area contributed by atoms with E-state index in [0.29, 0.717) is 21.9 Å². The molecule has 1 aromatic carbocycles. The van der Waals surface area contributed by atoms with Gasteiger partial charge in [-0.25, -0.2) is 14.4 Å². The minimum absolute atomic E-state index is 0.263. The molecule has 1 aliphatic carbocycles. The molecule has 0 unspecified atom stereocenters. The fourth-order valence-corrected chi connectivity index (χ4v) is 4.11. The lowest BCUT2D eigenvalue weighted by atomic mass is 9.95. The van der Waals surface area contributed by atoms with Crippen molar-refractivity contribution in [1.29, 1.82) is 0 Å². The normalized spacial score (nSPS) is 15.6. The number of nitrogens with zero attached hydrogens (tertiary/aromatic N) is 3. The van der Waals surface area contributed by atoms with Crippen LogP contribution in [-0.4, -0.2) is 21.6 Å². The number of benzene rings is 1. The van der Waals surface area contributed by atoms with Crippen molar-refractivity contribution in [3.05, 3.63) is 40.8 Å². The summed E-state index contributed by atoms with van der Waals surface area (Å²) < 4.78 is 22.8. The zero-order valence-corrected chi connectivity index (χ0v) is 15.6. The van der Waals surface area contributed by atoms with Gasteiger partial charge in [-0.2, -0.15) is 0 Å². The number of halogens is 2. The summed E-state index contributed by atoms with van der Waals surface area (Å²) in [5, 5.41) is 0. The van der Waals surface area contributed by atoms with Crippen LogP contribution in [0.15, 0.2) is 34.9 Å². The van der Waals surface area contributed by atoms with Crippen LogP contribution >= 0.6 is 15.9 Å². The number of imidazole rings is 1. The zero-order valence-electron chi connectivity index (χ0n) is 14.0. The van der Waals surface area contributed by atoms with Crippen molar-refractivity contribution in [3.63, 3.8) is 0 Å². The Balaban J connectivity index is 2.02. The van der Waals surface area contributed by atoms with Crippen LogP contribution < -0.4 is 4.74 Å². The van der Waals surface area contributed by atoms with Crippen molar-refractivity contribution in [2.45, 2.75) is 38.1 Å². The Hall–Kier alpha value is -1.95. The quantitative estimate of drug-likeness (QED) is 0.540. The Labute approximate surface area is 154 Å². The van der Waals surface area contributed by atoms with E-state index < -0.39 is 0 Å². The number of rotatable bonds is 3. The predicted molar refractivity (Wildman–Crippen MR) is 99.3 cm³/mol. The van der Waals surface area contributed by atoms with Crippen LogP contribution in [0.2, 0.25) is 0 Å². The third-order valence-corrected chi connectivity index (χ3v) is 5.26. The number of hydrogen-bond acceptors (Lipinski definition) is 3. The smallest absolute Gasteiger partial charge is 0.241 e. The summed E-state index contributed by atoms with van der Waals surface area (Å²) in [6.07, 6.45) is 5.72. The molecule has 0 N–H and O–H groups in total. The largest absolute Gasteiger partial charge is 0.479 e. The Morgan fingerprint density at radius 3 is 2.64 bits per heavy atom. The van der Waals surface area contributed by atoms with E-state index in [9.17, 15) is 4.39 Å². The van der Waals surface area contributed by atoms with Gasteiger partial charge in [0.15, 0.2) is 0 Å². The fraction of sp³-hybridized carbons (Fsp3) is 0.368. The number of ether oxygens (including phenoxy) is 1. The van der Waals surface area contributed by atoms with Gasteiger partial charge in [0.2, 0.25) is 5.88 Å². The molecule has 130 valence electrons. The summed E-state index contributed by atoms with van der Waals surface area (Å²) in [6.45, 7) is 0. The van der Waals surface area contributed by atoms with E-state index in [4.69, 9.17) is 9.72 Å². The summed E-state index contributed by atoms with van der Waals surface area (Å²) in [5.41, 5.74) is 2.13. The highest BCUT2D eigenvalue weighted by Gasteiger charge is 2.26. The van der Waals surface area contributed by atoms with Gasteiger partial charge in [-0.05, 0) is 47.0 Å². The molecule has 2 heterocycles. The number of hydrogen-bond donors (Lipinski definition) is 0. The third-order valence-electron chi connectivity index (χ3n) is 4.85. The third kappa shape index (κ3) is 2.92. The molecule has 1 fully saturated rings. The standard InChI is InChI=1S/C19H19BrFN3O/c1-25-19-17-15(11-16(20)23-19)22-18(13-9-5-6-10-14(13)21)24(17)12-7-3-2-4-8-12/h5-6,9-12H,2-4,7-8H2,1H3. The number of aromatic nitrogens is 3. The predicted octanol–water partition coefficient (Wildman–Crippen LogP) is 5.51. The molecular weight excluding hydrogens is 385 g/mol. The van der Waals surface area contributed by atoms with E-state index in [1.54, 1.807) is 19.2 Å². The number of pyridine rings is 1. The van der Waals surface area contributed by atoms with Crippen molar-refractivity contribution in [2.24, 2.45) is 0 Å². The van der Waals surface area contributed by atoms with Gasteiger partial charge in [-0.15, -0.1) is 0 Å². The maximum absolute atomic E-state index is 14.5. The summed E-state index contributed by atoms with van der Waals surface area (Å²) in [7, 11) is 1.61. The average molecular weight is 404 g/mol. The summed E-state index contributed by atoms with van der Waals surface area (Å²) >= 11 is 3.41. The average Bonchev–Trinajstić information content (AvgIpc) is 3.01. The molecule has 4 rings (SSSR count). The Morgan fingerprint density at radius 2 is 1.92 bits per heavy atom. The van der Waals surface area contributed by atoms with Crippen molar-refractivity contribution >= 4 is 27.0 Å². The van der Waals surface area contributed by atoms with E-state index in [1.807, 2.05) is 12.1 Å². The molecule has 6 heteroatoms. The molecule has 3 aromatic rings. The zero-order chi connectivity index (χ0) is 17.4. The van der Waals surface area contributed by atoms with E-state index >= 15 is 0 Å². The van der Waals surface area contributed by atoms with Crippen LogP contribution in [0.25, 0.3) is 22.4 Å². The number of methoxy groups -OCH3 is 1. The molecule has 0 radical (unpaired) electrons. The monoisotopic (exact) mass is 403 g/mol. The molecule has 2 aromatic heterocycles. The molecule has 1 saturated carbocycles. The first-order valence-electron chi connectivity index (χ1n) is 8.56. The van der Waals surface area contributed by atoms with E-state index in [1.165, 1.54) is 25.3 Å². The molecule has 1 aliphatic rings. The van der Waals surface area contributed by atoms with Gasteiger partial charge in [0.1, 0.15) is 21.8 Å². The molecule has 0 spiro atoms. The summed E-state index contributed by atoms with van der Waals surface area (Å²) in [5.74, 6) is 0.907. The molecule has 0 atom stereocenters. The Morgan fingerprint density at radius 1 is 1.16 bits per heavy atom. The van der Waals surface area contributed by atoms with Crippen molar-refractivity contribution in [2.75, 3.05) is 7.11 Å². The SMILES string of the molecule is COc1nc(Br)cc2nc(-c3ccccc3F)n(C3CCCCC3)c12. The lowest BCUT2D eigenvalue weighted by molar-refractivity contribution is 0.355. The van der Waals surface area contributed by atoms with Gasteiger partial charge in [-0.3, -0.25) is 0 Å². The second-order valence-corrected chi connectivity index (χ2v) is 7.21. The van der Waals surface area contributed by atoms with Crippen LogP contribution in [0.3, 0.4) is 0 Å². The van der Waals surface area contributed by atoms with Crippen molar-refractivity contribution < 1.29 is 9.13 Å². The van der Waals surface area contributed by atoms with Crippen LogP contribution in [0.4, 0.5) is 4.39 Å². The van der Waals surface area contributed by atoms with Crippen LogP contribution in [0.1, 0.15) is 38.1 Å². The van der Waals surface area contributed by atoms with Gasteiger partial charge in [0, 0.05) is 6.04 Å². The van der Waals surface area contributed by atoms with Gasteiger partial charge >= 0.3 is 0 Å². The lowest BCUT2D eigenvalue weighted by Gasteiger charge is -2.26. The van der Waals surface area contributed by atoms with Crippen LogP contribution in [0.5, 0.6) is 5.88 Å².